The van der Waals surface area contributed by atoms with Crippen molar-refractivity contribution in [3.63, 3.8) is 0 Å². The van der Waals surface area contributed by atoms with Crippen LogP contribution in [0.2, 0.25) is 10.0 Å². The molecule has 0 saturated heterocycles. The second-order valence-corrected chi connectivity index (χ2v) is 6.94. The number of halogens is 2. The first kappa shape index (κ1) is 16.5. The Labute approximate surface area is 156 Å². The maximum atomic E-state index is 6.30. The molecule has 0 amide bonds. The fourth-order valence-electron chi connectivity index (χ4n) is 3.04. The van der Waals surface area contributed by atoms with Gasteiger partial charge < -0.3 is 0 Å². The predicted molar refractivity (Wildman–Crippen MR) is 99.5 cm³/mol. The summed E-state index contributed by atoms with van der Waals surface area (Å²) in [5, 5.41) is 1.37. The summed E-state index contributed by atoms with van der Waals surface area (Å²) in [6.07, 6.45) is 6.36. The van der Waals surface area contributed by atoms with Gasteiger partial charge in [-0.3, -0.25) is 9.88 Å². The highest BCUT2D eigenvalue weighted by Crippen LogP contribution is 2.25. The zero-order valence-electron chi connectivity index (χ0n) is 13.5. The number of hydrogen-bond acceptors (Lipinski definition) is 4. The predicted octanol–water partition coefficient (Wildman–Crippen LogP) is 4.40. The summed E-state index contributed by atoms with van der Waals surface area (Å²) in [7, 11) is 0. The van der Waals surface area contributed by atoms with Gasteiger partial charge in [-0.15, -0.1) is 0 Å². The van der Waals surface area contributed by atoms with Crippen LogP contribution >= 0.6 is 23.2 Å². The molecule has 25 heavy (non-hydrogen) atoms. The van der Waals surface area contributed by atoms with E-state index in [-0.39, 0.29) is 0 Å². The van der Waals surface area contributed by atoms with Gasteiger partial charge in [-0.05, 0) is 29.8 Å². The molecule has 0 N–H and O–H groups in total. The molecule has 3 heterocycles. The van der Waals surface area contributed by atoms with E-state index in [0.29, 0.717) is 10.0 Å². The number of aromatic nitrogens is 3. The van der Waals surface area contributed by atoms with Crippen molar-refractivity contribution in [3.05, 3.63) is 75.8 Å². The first-order chi connectivity index (χ1) is 12.2. The van der Waals surface area contributed by atoms with Crippen LogP contribution in [0.25, 0.3) is 11.4 Å². The third kappa shape index (κ3) is 3.66. The van der Waals surface area contributed by atoms with E-state index in [2.05, 4.69) is 14.9 Å². The van der Waals surface area contributed by atoms with Crippen molar-refractivity contribution in [1.29, 1.82) is 0 Å². The average Bonchev–Trinajstić information content (AvgIpc) is 2.64. The van der Waals surface area contributed by atoms with E-state index in [9.17, 15) is 0 Å². The molecule has 0 aliphatic carbocycles. The topological polar surface area (TPSA) is 41.9 Å². The standard InChI is InChI=1S/C19H16Cl2N4/c20-16-2-1-14(17(21)9-16)11-25-8-5-18-15(12-25)10-23-19(24-18)13-3-6-22-7-4-13/h1-4,6-7,9-10H,5,8,11-12H2. The Hall–Kier alpha value is -2.01. The van der Waals surface area contributed by atoms with Crippen molar-refractivity contribution in [1.82, 2.24) is 19.9 Å². The highest BCUT2D eigenvalue weighted by Gasteiger charge is 2.19. The van der Waals surface area contributed by atoms with E-state index in [0.717, 1.165) is 48.7 Å². The van der Waals surface area contributed by atoms with Crippen LogP contribution in [0.15, 0.2) is 48.9 Å². The molecule has 0 fully saturated rings. The van der Waals surface area contributed by atoms with Crippen LogP contribution in [-0.2, 0) is 19.5 Å². The normalized spacial score (nSPS) is 14.3. The van der Waals surface area contributed by atoms with Gasteiger partial charge in [0.2, 0.25) is 0 Å². The summed E-state index contributed by atoms with van der Waals surface area (Å²) in [4.78, 5) is 15.7. The van der Waals surface area contributed by atoms with E-state index < -0.39 is 0 Å². The number of rotatable bonds is 3. The van der Waals surface area contributed by atoms with Crippen molar-refractivity contribution in [2.45, 2.75) is 19.5 Å². The molecule has 4 rings (SSSR count). The van der Waals surface area contributed by atoms with Gasteiger partial charge in [-0.25, -0.2) is 9.97 Å². The van der Waals surface area contributed by atoms with E-state index in [1.807, 2.05) is 30.5 Å². The fourth-order valence-corrected chi connectivity index (χ4v) is 3.51. The van der Waals surface area contributed by atoms with Crippen LogP contribution < -0.4 is 0 Å². The molecule has 126 valence electrons. The smallest absolute Gasteiger partial charge is 0.159 e. The van der Waals surface area contributed by atoms with Crippen LogP contribution in [-0.4, -0.2) is 26.4 Å². The van der Waals surface area contributed by atoms with Gasteiger partial charge in [0.05, 0.1) is 5.69 Å². The molecule has 2 aromatic heterocycles. The summed E-state index contributed by atoms with van der Waals surface area (Å²) in [6.45, 7) is 2.56. The number of pyridine rings is 1. The molecule has 0 unspecified atom stereocenters. The van der Waals surface area contributed by atoms with E-state index in [1.54, 1.807) is 18.5 Å². The summed E-state index contributed by atoms with van der Waals surface area (Å²) in [5.41, 5.74) is 4.38. The number of nitrogens with zero attached hydrogens (tertiary/aromatic N) is 4. The van der Waals surface area contributed by atoms with Crippen molar-refractivity contribution in [2.24, 2.45) is 0 Å². The first-order valence-electron chi connectivity index (χ1n) is 8.10. The molecule has 6 heteroatoms. The quantitative estimate of drug-likeness (QED) is 0.684. The zero-order valence-corrected chi connectivity index (χ0v) is 15.0. The van der Waals surface area contributed by atoms with Gasteiger partial charge in [0.25, 0.3) is 0 Å². The summed E-state index contributed by atoms with van der Waals surface area (Å²) in [5.74, 6) is 0.760. The highest BCUT2D eigenvalue weighted by atomic mass is 35.5. The van der Waals surface area contributed by atoms with Crippen LogP contribution in [0.1, 0.15) is 16.8 Å². The van der Waals surface area contributed by atoms with E-state index >= 15 is 0 Å². The molecule has 3 aromatic rings. The maximum absolute atomic E-state index is 6.30. The van der Waals surface area contributed by atoms with E-state index in [4.69, 9.17) is 28.2 Å². The lowest BCUT2D eigenvalue weighted by Gasteiger charge is -2.28. The molecule has 1 aromatic carbocycles. The third-order valence-corrected chi connectivity index (χ3v) is 4.95. The van der Waals surface area contributed by atoms with Gasteiger partial charge in [-0.2, -0.15) is 0 Å². The molecule has 1 aliphatic heterocycles. The lowest BCUT2D eigenvalue weighted by atomic mass is 10.1. The first-order valence-corrected chi connectivity index (χ1v) is 8.86. The van der Waals surface area contributed by atoms with Gasteiger partial charge in [-0.1, -0.05) is 29.3 Å². The molecule has 4 nitrogen and oxygen atoms in total. The van der Waals surface area contributed by atoms with Crippen LogP contribution in [0.3, 0.4) is 0 Å². The lowest BCUT2D eigenvalue weighted by Crippen LogP contribution is -2.31. The summed E-state index contributed by atoms with van der Waals surface area (Å²) < 4.78 is 0. The number of fused-ring (bicyclic) bond motifs is 1. The minimum atomic E-state index is 0.662. The van der Waals surface area contributed by atoms with Crippen molar-refractivity contribution in [2.75, 3.05) is 6.54 Å². The fraction of sp³-hybridized carbons (Fsp3) is 0.211. The highest BCUT2D eigenvalue weighted by molar-refractivity contribution is 6.35. The minimum absolute atomic E-state index is 0.662. The Morgan fingerprint density at radius 3 is 2.72 bits per heavy atom. The van der Waals surface area contributed by atoms with E-state index in [1.165, 1.54) is 5.56 Å². The molecule has 0 bridgehead atoms. The summed E-state index contributed by atoms with van der Waals surface area (Å²) in [6, 6.07) is 9.52. The lowest BCUT2D eigenvalue weighted by molar-refractivity contribution is 0.243. The largest absolute Gasteiger partial charge is 0.294 e. The SMILES string of the molecule is Clc1ccc(CN2CCc3nc(-c4ccncc4)ncc3C2)c(Cl)c1. The Kier molecular flexibility index (Phi) is 4.66. The van der Waals surface area contributed by atoms with Gasteiger partial charge in [0, 0.05) is 65.8 Å². The molecule has 0 radical (unpaired) electrons. The van der Waals surface area contributed by atoms with Crippen LogP contribution in [0.4, 0.5) is 0 Å². The van der Waals surface area contributed by atoms with Gasteiger partial charge in [0.1, 0.15) is 0 Å². The summed E-state index contributed by atoms with van der Waals surface area (Å²) >= 11 is 12.3. The molecule has 0 atom stereocenters. The van der Waals surface area contributed by atoms with Crippen molar-refractivity contribution >= 4 is 23.2 Å². The monoisotopic (exact) mass is 370 g/mol. The molecular weight excluding hydrogens is 355 g/mol. The molecule has 1 aliphatic rings. The second kappa shape index (κ2) is 7.08. The average molecular weight is 371 g/mol. The van der Waals surface area contributed by atoms with Crippen LogP contribution in [0, 0.1) is 0 Å². The molecular formula is C19H16Cl2N4. The van der Waals surface area contributed by atoms with Crippen molar-refractivity contribution < 1.29 is 0 Å². The van der Waals surface area contributed by atoms with Crippen molar-refractivity contribution in [3.8, 4) is 11.4 Å². The second-order valence-electron chi connectivity index (χ2n) is 6.10. The Balaban J connectivity index is 1.52. The third-order valence-electron chi connectivity index (χ3n) is 4.36. The Morgan fingerprint density at radius 2 is 1.92 bits per heavy atom. The zero-order chi connectivity index (χ0) is 17.2. The van der Waals surface area contributed by atoms with Gasteiger partial charge in [0.15, 0.2) is 5.82 Å². The Morgan fingerprint density at radius 1 is 1.08 bits per heavy atom. The van der Waals surface area contributed by atoms with Gasteiger partial charge >= 0.3 is 0 Å². The van der Waals surface area contributed by atoms with Crippen LogP contribution in [0.5, 0.6) is 0 Å². The number of benzene rings is 1. The Bertz CT molecular complexity index is 899. The molecule has 0 spiro atoms. The maximum Gasteiger partial charge on any atom is 0.159 e. The number of hydrogen-bond donors (Lipinski definition) is 0. The minimum Gasteiger partial charge on any atom is -0.294 e. The molecule has 0 saturated carbocycles.